The highest BCUT2D eigenvalue weighted by Gasteiger charge is 2.27. The molecule has 116 valence electrons. The third-order valence-electron chi connectivity index (χ3n) is 3.60. The predicted octanol–water partition coefficient (Wildman–Crippen LogP) is 2.32. The van der Waals surface area contributed by atoms with Crippen LogP contribution in [-0.2, 0) is 17.7 Å². The smallest absolute Gasteiger partial charge is 0.274 e. The standard InChI is InChI=1S/C15H15F2N3O2/c1-2-22-19-15(21)14-10-4-3-5-13(10)20(18-14)9-6-7-11(16)12(17)8-9/h6-8H,2-5H2,1H3,(H,19,21). The summed E-state index contributed by atoms with van der Waals surface area (Å²) < 4.78 is 28.0. The first-order valence-electron chi connectivity index (χ1n) is 7.10. The van der Waals surface area contributed by atoms with E-state index in [0.29, 0.717) is 12.3 Å². The van der Waals surface area contributed by atoms with Crippen molar-refractivity contribution < 1.29 is 18.4 Å². The van der Waals surface area contributed by atoms with Crippen LogP contribution >= 0.6 is 0 Å². The first kappa shape index (κ1) is 14.6. The molecule has 1 aromatic carbocycles. The number of carbonyl (C=O) groups is 1. The third-order valence-corrected chi connectivity index (χ3v) is 3.60. The van der Waals surface area contributed by atoms with E-state index in [0.717, 1.165) is 42.7 Å². The molecular formula is C15H15F2N3O2. The van der Waals surface area contributed by atoms with Crippen LogP contribution in [0, 0.1) is 11.6 Å². The third kappa shape index (κ3) is 2.48. The molecule has 0 saturated carbocycles. The number of rotatable bonds is 4. The Bertz CT molecular complexity index is 728. The number of hydrogen-bond donors (Lipinski definition) is 1. The van der Waals surface area contributed by atoms with Gasteiger partial charge in [-0.25, -0.2) is 18.9 Å². The number of nitrogens with one attached hydrogen (secondary N) is 1. The zero-order valence-corrected chi connectivity index (χ0v) is 12.0. The Morgan fingerprint density at radius 3 is 2.91 bits per heavy atom. The lowest BCUT2D eigenvalue weighted by Gasteiger charge is -2.06. The number of aromatic nitrogens is 2. The van der Waals surface area contributed by atoms with Gasteiger partial charge in [-0.1, -0.05) is 0 Å². The van der Waals surface area contributed by atoms with E-state index in [4.69, 9.17) is 4.84 Å². The van der Waals surface area contributed by atoms with E-state index in [9.17, 15) is 13.6 Å². The quantitative estimate of drug-likeness (QED) is 0.882. The number of fused-ring (bicyclic) bond motifs is 1. The van der Waals surface area contributed by atoms with Crippen molar-refractivity contribution in [3.63, 3.8) is 0 Å². The first-order chi connectivity index (χ1) is 10.6. The van der Waals surface area contributed by atoms with Gasteiger partial charge in [0.15, 0.2) is 17.3 Å². The van der Waals surface area contributed by atoms with Crippen molar-refractivity contribution in [3.8, 4) is 5.69 Å². The Kier molecular flexibility index (Phi) is 3.89. The topological polar surface area (TPSA) is 56.1 Å². The number of hydrogen-bond acceptors (Lipinski definition) is 3. The van der Waals surface area contributed by atoms with E-state index in [1.54, 1.807) is 6.92 Å². The summed E-state index contributed by atoms with van der Waals surface area (Å²) in [6, 6.07) is 3.56. The number of benzene rings is 1. The highest BCUT2D eigenvalue weighted by atomic mass is 19.2. The molecule has 0 unspecified atom stereocenters. The van der Waals surface area contributed by atoms with E-state index in [1.165, 1.54) is 10.7 Å². The molecule has 0 fully saturated rings. The van der Waals surface area contributed by atoms with Crippen LogP contribution in [0.3, 0.4) is 0 Å². The van der Waals surface area contributed by atoms with Crippen molar-refractivity contribution in [2.45, 2.75) is 26.2 Å². The minimum Gasteiger partial charge on any atom is -0.274 e. The minimum atomic E-state index is -0.944. The van der Waals surface area contributed by atoms with Crippen molar-refractivity contribution >= 4 is 5.91 Å². The van der Waals surface area contributed by atoms with Crippen LogP contribution in [0.4, 0.5) is 8.78 Å². The molecule has 1 amide bonds. The lowest BCUT2D eigenvalue weighted by atomic mass is 10.2. The summed E-state index contributed by atoms with van der Waals surface area (Å²) in [6.07, 6.45) is 2.36. The van der Waals surface area contributed by atoms with Crippen molar-refractivity contribution in [2.75, 3.05) is 6.61 Å². The molecule has 0 bridgehead atoms. The Balaban J connectivity index is 2.02. The highest BCUT2D eigenvalue weighted by Crippen LogP contribution is 2.28. The summed E-state index contributed by atoms with van der Waals surface area (Å²) in [4.78, 5) is 17.0. The molecule has 3 rings (SSSR count). The second-order valence-corrected chi connectivity index (χ2v) is 5.00. The molecule has 0 aliphatic heterocycles. The highest BCUT2D eigenvalue weighted by molar-refractivity contribution is 5.93. The van der Waals surface area contributed by atoms with Gasteiger partial charge < -0.3 is 0 Å². The van der Waals surface area contributed by atoms with Crippen LogP contribution in [0.2, 0.25) is 0 Å². The Hall–Kier alpha value is -2.28. The van der Waals surface area contributed by atoms with Gasteiger partial charge >= 0.3 is 0 Å². The van der Waals surface area contributed by atoms with Crippen molar-refractivity contribution in [1.29, 1.82) is 0 Å². The first-order valence-corrected chi connectivity index (χ1v) is 7.10. The van der Waals surface area contributed by atoms with Crippen LogP contribution in [0.15, 0.2) is 18.2 Å². The summed E-state index contributed by atoms with van der Waals surface area (Å²) in [7, 11) is 0. The molecule has 1 aliphatic carbocycles. The molecule has 7 heteroatoms. The molecule has 2 aromatic rings. The number of nitrogens with zero attached hydrogens (tertiary/aromatic N) is 2. The maximum atomic E-state index is 13.4. The van der Waals surface area contributed by atoms with Gasteiger partial charge in [0.1, 0.15) is 0 Å². The fraction of sp³-hybridized carbons (Fsp3) is 0.333. The number of hydroxylamine groups is 1. The average Bonchev–Trinajstić information content (AvgIpc) is 3.09. The Labute approximate surface area is 125 Å². The SMILES string of the molecule is CCONC(=O)c1nn(-c2ccc(F)c(F)c2)c2c1CCC2. The number of carbonyl (C=O) groups excluding carboxylic acids is 1. The summed E-state index contributed by atoms with van der Waals surface area (Å²) in [6.45, 7) is 2.10. The van der Waals surface area contributed by atoms with E-state index in [2.05, 4.69) is 10.6 Å². The molecule has 0 atom stereocenters. The van der Waals surface area contributed by atoms with Crippen molar-refractivity contribution in [2.24, 2.45) is 0 Å². The number of amides is 1. The Morgan fingerprint density at radius 1 is 1.36 bits per heavy atom. The van der Waals surface area contributed by atoms with Gasteiger partial charge in [-0.2, -0.15) is 5.10 Å². The fourth-order valence-corrected chi connectivity index (χ4v) is 2.64. The molecule has 0 radical (unpaired) electrons. The van der Waals surface area contributed by atoms with E-state index >= 15 is 0 Å². The molecule has 0 spiro atoms. The van der Waals surface area contributed by atoms with Crippen molar-refractivity contribution in [3.05, 3.63) is 46.8 Å². The summed E-state index contributed by atoms with van der Waals surface area (Å²) in [5, 5.41) is 4.26. The Morgan fingerprint density at radius 2 is 2.18 bits per heavy atom. The number of halogens is 2. The predicted molar refractivity (Wildman–Crippen MR) is 74.6 cm³/mol. The van der Waals surface area contributed by atoms with Gasteiger partial charge in [-0.15, -0.1) is 0 Å². The normalized spacial score (nSPS) is 13.2. The largest absolute Gasteiger partial charge is 0.295 e. The van der Waals surface area contributed by atoms with Crippen LogP contribution in [0.1, 0.15) is 35.1 Å². The van der Waals surface area contributed by atoms with Gasteiger partial charge in [-0.3, -0.25) is 9.63 Å². The van der Waals surface area contributed by atoms with E-state index in [-0.39, 0.29) is 5.69 Å². The minimum absolute atomic E-state index is 0.269. The zero-order valence-electron chi connectivity index (χ0n) is 12.0. The van der Waals surface area contributed by atoms with Crippen LogP contribution < -0.4 is 5.48 Å². The monoisotopic (exact) mass is 307 g/mol. The van der Waals surface area contributed by atoms with E-state index in [1.807, 2.05) is 0 Å². The molecule has 22 heavy (non-hydrogen) atoms. The van der Waals surface area contributed by atoms with Crippen LogP contribution in [0.5, 0.6) is 0 Å². The molecule has 1 aliphatic rings. The van der Waals surface area contributed by atoms with Crippen molar-refractivity contribution in [1.82, 2.24) is 15.3 Å². The van der Waals surface area contributed by atoms with Gasteiger partial charge in [-0.05, 0) is 38.3 Å². The maximum absolute atomic E-state index is 13.4. The lowest BCUT2D eigenvalue weighted by molar-refractivity contribution is 0.0359. The van der Waals surface area contributed by atoms with Crippen LogP contribution in [0.25, 0.3) is 5.69 Å². The summed E-state index contributed by atoms with van der Waals surface area (Å²) in [5.41, 5.74) is 4.67. The second-order valence-electron chi connectivity index (χ2n) is 5.00. The van der Waals surface area contributed by atoms with Gasteiger partial charge in [0.25, 0.3) is 5.91 Å². The zero-order chi connectivity index (χ0) is 15.7. The summed E-state index contributed by atoms with van der Waals surface area (Å²) >= 11 is 0. The fourth-order valence-electron chi connectivity index (χ4n) is 2.64. The average molecular weight is 307 g/mol. The molecular weight excluding hydrogens is 292 g/mol. The molecule has 1 heterocycles. The summed E-state index contributed by atoms with van der Waals surface area (Å²) in [5.74, 6) is -2.29. The van der Waals surface area contributed by atoms with Crippen LogP contribution in [-0.4, -0.2) is 22.3 Å². The van der Waals surface area contributed by atoms with Gasteiger partial charge in [0, 0.05) is 17.3 Å². The molecule has 5 nitrogen and oxygen atoms in total. The van der Waals surface area contributed by atoms with Gasteiger partial charge in [0.05, 0.1) is 12.3 Å². The molecule has 1 aromatic heterocycles. The lowest BCUT2D eigenvalue weighted by Crippen LogP contribution is -2.25. The molecule has 1 N–H and O–H groups in total. The maximum Gasteiger partial charge on any atom is 0.295 e. The van der Waals surface area contributed by atoms with E-state index < -0.39 is 17.5 Å². The second kappa shape index (κ2) is 5.84. The molecule has 0 saturated heterocycles. The van der Waals surface area contributed by atoms with Gasteiger partial charge in [0.2, 0.25) is 0 Å².